The summed E-state index contributed by atoms with van der Waals surface area (Å²) in [4.78, 5) is 5.36. The molecule has 0 aromatic heterocycles. The van der Waals surface area contributed by atoms with Crippen molar-refractivity contribution in [2.45, 2.75) is 13.2 Å². The molecule has 0 saturated carbocycles. The number of oxime groups is 1. The molecule has 0 N–H and O–H groups in total. The highest BCUT2D eigenvalue weighted by molar-refractivity contribution is 9.10. The Balaban J connectivity index is 1.58. The Hall–Kier alpha value is -2.79. The molecule has 0 aliphatic carbocycles. The van der Waals surface area contributed by atoms with Crippen LogP contribution >= 0.6 is 15.9 Å². The van der Waals surface area contributed by atoms with Crippen LogP contribution in [-0.4, -0.2) is 13.3 Å². The van der Waals surface area contributed by atoms with Crippen LogP contribution < -0.4 is 9.47 Å². The van der Waals surface area contributed by atoms with Gasteiger partial charge in [0, 0.05) is 10.0 Å². The molecule has 3 aromatic carbocycles. The molecule has 0 aliphatic heterocycles. The molecule has 4 nitrogen and oxygen atoms in total. The molecule has 3 aromatic rings. The van der Waals surface area contributed by atoms with E-state index >= 15 is 0 Å². The van der Waals surface area contributed by atoms with Crippen LogP contribution in [0.3, 0.4) is 0 Å². The van der Waals surface area contributed by atoms with Gasteiger partial charge in [-0.05, 0) is 41.5 Å². The second kappa shape index (κ2) is 9.78. The van der Waals surface area contributed by atoms with Gasteiger partial charge in [0.25, 0.3) is 0 Å². The maximum atomic E-state index is 5.86. The van der Waals surface area contributed by atoms with Gasteiger partial charge < -0.3 is 14.3 Å². The normalized spacial score (nSPS) is 10.7. The van der Waals surface area contributed by atoms with Crippen molar-refractivity contribution in [2.75, 3.05) is 7.11 Å². The van der Waals surface area contributed by atoms with Crippen molar-refractivity contribution in [1.82, 2.24) is 0 Å². The SMILES string of the molecule is COc1cc(/C=N/OCc2cccc(Br)c2)ccc1OCc1ccccc1. The number of halogens is 1. The number of hydrogen-bond donors (Lipinski definition) is 0. The van der Waals surface area contributed by atoms with Gasteiger partial charge in [-0.2, -0.15) is 0 Å². The molecular formula is C22H20BrNO3. The van der Waals surface area contributed by atoms with Crippen molar-refractivity contribution in [3.05, 3.63) is 94.0 Å². The maximum absolute atomic E-state index is 5.86. The molecule has 5 heteroatoms. The van der Waals surface area contributed by atoms with Gasteiger partial charge in [0.05, 0.1) is 13.3 Å². The second-order valence-electron chi connectivity index (χ2n) is 5.82. The Kier molecular flexibility index (Phi) is 6.88. The van der Waals surface area contributed by atoms with Gasteiger partial charge in [0.15, 0.2) is 11.5 Å². The van der Waals surface area contributed by atoms with Crippen molar-refractivity contribution in [1.29, 1.82) is 0 Å². The molecule has 0 fully saturated rings. The Morgan fingerprint density at radius 1 is 0.852 bits per heavy atom. The fourth-order valence-electron chi connectivity index (χ4n) is 2.46. The van der Waals surface area contributed by atoms with Gasteiger partial charge in [-0.3, -0.25) is 0 Å². The first-order valence-corrected chi connectivity index (χ1v) is 9.28. The second-order valence-corrected chi connectivity index (χ2v) is 6.74. The molecule has 27 heavy (non-hydrogen) atoms. The summed E-state index contributed by atoms with van der Waals surface area (Å²) in [6.07, 6.45) is 1.65. The van der Waals surface area contributed by atoms with Crippen LogP contribution in [0.15, 0.2) is 82.4 Å². The van der Waals surface area contributed by atoms with Gasteiger partial charge >= 0.3 is 0 Å². The Morgan fingerprint density at radius 2 is 1.67 bits per heavy atom. The first kappa shape index (κ1) is 19.0. The number of ether oxygens (including phenoxy) is 2. The van der Waals surface area contributed by atoms with E-state index in [1.54, 1.807) is 13.3 Å². The van der Waals surface area contributed by atoms with E-state index in [-0.39, 0.29) is 0 Å². The molecular weight excluding hydrogens is 406 g/mol. The summed E-state index contributed by atoms with van der Waals surface area (Å²) in [5, 5.41) is 4.03. The van der Waals surface area contributed by atoms with Crippen molar-refractivity contribution in [3.63, 3.8) is 0 Å². The smallest absolute Gasteiger partial charge is 0.161 e. The van der Waals surface area contributed by atoms with Crippen molar-refractivity contribution >= 4 is 22.1 Å². The summed E-state index contributed by atoms with van der Waals surface area (Å²) < 4.78 is 12.3. The molecule has 0 saturated heterocycles. The van der Waals surface area contributed by atoms with Gasteiger partial charge in [-0.1, -0.05) is 63.6 Å². The van der Waals surface area contributed by atoms with Crippen molar-refractivity contribution in [3.8, 4) is 11.5 Å². The number of nitrogens with zero attached hydrogens (tertiary/aromatic N) is 1. The highest BCUT2D eigenvalue weighted by Gasteiger charge is 2.05. The summed E-state index contributed by atoms with van der Waals surface area (Å²) in [5.74, 6) is 1.34. The fourth-order valence-corrected chi connectivity index (χ4v) is 2.90. The lowest BCUT2D eigenvalue weighted by Crippen LogP contribution is -1.98. The molecule has 0 amide bonds. The molecule has 0 bridgehead atoms. The average molecular weight is 426 g/mol. The number of methoxy groups -OCH3 is 1. The number of rotatable bonds is 8. The first-order chi connectivity index (χ1) is 13.2. The Labute approximate surface area is 167 Å². The van der Waals surface area contributed by atoms with Crippen LogP contribution in [0.25, 0.3) is 0 Å². The molecule has 0 aliphatic rings. The Morgan fingerprint density at radius 3 is 2.44 bits per heavy atom. The van der Waals surface area contributed by atoms with E-state index in [4.69, 9.17) is 14.3 Å². The van der Waals surface area contributed by atoms with Crippen LogP contribution in [0.2, 0.25) is 0 Å². The van der Waals surface area contributed by atoms with E-state index in [0.29, 0.717) is 24.7 Å². The van der Waals surface area contributed by atoms with Gasteiger partial charge in [0.1, 0.15) is 13.2 Å². The quantitative estimate of drug-likeness (QED) is 0.348. The highest BCUT2D eigenvalue weighted by atomic mass is 79.9. The highest BCUT2D eigenvalue weighted by Crippen LogP contribution is 2.28. The molecule has 0 atom stereocenters. The maximum Gasteiger partial charge on any atom is 0.161 e. The van der Waals surface area contributed by atoms with E-state index in [2.05, 4.69) is 21.1 Å². The molecule has 0 heterocycles. The Bertz CT molecular complexity index is 897. The summed E-state index contributed by atoms with van der Waals surface area (Å²) in [5.41, 5.74) is 3.02. The molecule has 0 unspecified atom stereocenters. The zero-order chi connectivity index (χ0) is 18.9. The van der Waals surface area contributed by atoms with Crippen LogP contribution in [0, 0.1) is 0 Å². The first-order valence-electron chi connectivity index (χ1n) is 8.49. The summed E-state index contributed by atoms with van der Waals surface area (Å²) >= 11 is 3.44. The average Bonchev–Trinajstić information content (AvgIpc) is 2.71. The zero-order valence-corrected chi connectivity index (χ0v) is 16.6. The van der Waals surface area contributed by atoms with E-state index in [1.165, 1.54) is 0 Å². The third kappa shape index (κ3) is 5.86. The van der Waals surface area contributed by atoms with E-state index in [0.717, 1.165) is 21.2 Å². The number of hydrogen-bond acceptors (Lipinski definition) is 4. The van der Waals surface area contributed by atoms with E-state index in [1.807, 2.05) is 72.8 Å². The monoisotopic (exact) mass is 425 g/mol. The van der Waals surface area contributed by atoms with Crippen LogP contribution in [0.5, 0.6) is 11.5 Å². The van der Waals surface area contributed by atoms with Gasteiger partial charge in [-0.25, -0.2) is 0 Å². The third-order valence-electron chi connectivity index (χ3n) is 3.82. The lowest BCUT2D eigenvalue weighted by atomic mass is 10.2. The molecule has 3 rings (SSSR count). The predicted octanol–water partition coefficient (Wildman–Crippen LogP) is 5.59. The molecule has 138 valence electrons. The van der Waals surface area contributed by atoms with Crippen molar-refractivity contribution < 1.29 is 14.3 Å². The standard InChI is InChI=1S/C22H20BrNO3/c1-25-22-13-18(14-24-27-16-19-8-5-9-20(23)12-19)10-11-21(22)26-15-17-6-3-2-4-7-17/h2-14H,15-16H2,1H3/b24-14+. The van der Waals surface area contributed by atoms with Crippen molar-refractivity contribution in [2.24, 2.45) is 5.16 Å². The minimum absolute atomic E-state index is 0.408. The van der Waals surface area contributed by atoms with Crippen LogP contribution in [-0.2, 0) is 18.1 Å². The molecule has 0 radical (unpaired) electrons. The van der Waals surface area contributed by atoms with Crippen LogP contribution in [0.4, 0.5) is 0 Å². The minimum Gasteiger partial charge on any atom is -0.493 e. The largest absolute Gasteiger partial charge is 0.493 e. The number of benzene rings is 3. The van der Waals surface area contributed by atoms with Gasteiger partial charge in [-0.15, -0.1) is 0 Å². The fraction of sp³-hybridized carbons (Fsp3) is 0.136. The molecule has 0 spiro atoms. The van der Waals surface area contributed by atoms with E-state index < -0.39 is 0 Å². The summed E-state index contributed by atoms with van der Waals surface area (Å²) in [7, 11) is 1.62. The van der Waals surface area contributed by atoms with Crippen LogP contribution in [0.1, 0.15) is 16.7 Å². The van der Waals surface area contributed by atoms with E-state index in [9.17, 15) is 0 Å². The predicted molar refractivity (Wildman–Crippen MR) is 110 cm³/mol. The zero-order valence-electron chi connectivity index (χ0n) is 15.0. The minimum atomic E-state index is 0.408. The summed E-state index contributed by atoms with van der Waals surface area (Å²) in [6, 6.07) is 23.6. The van der Waals surface area contributed by atoms with Gasteiger partial charge in [0.2, 0.25) is 0 Å². The summed E-state index contributed by atoms with van der Waals surface area (Å²) in [6.45, 7) is 0.895. The topological polar surface area (TPSA) is 40.0 Å². The lowest BCUT2D eigenvalue weighted by Gasteiger charge is -2.11. The lowest BCUT2D eigenvalue weighted by molar-refractivity contribution is 0.132. The third-order valence-corrected chi connectivity index (χ3v) is 4.31.